The molecule has 0 amide bonds. The van der Waals surface area contributed by atoms with Gasteiger partial charge in [0.2, 0.25) is 0 Å². The lowest BCUT2D eigenvalue weighted by molar-refractivity contribution is 1.18. The minimum absolute atomic E-state index is 0.890. The van der Waals surface area contributed by atoms with Crippen molar-refractivity contribution in [3.8, 4) is 44.8 Å². The van der Waals surface area contributed by atoms with Gasteiger partial charge in [-0.05, 0) is 123 Å². The van der Waals surface area contributed by atoms with Crippen molar-refractivity contribution in [3.05, 3.63) is 194 Å². The zero-order valence-electron chi connectivity index (χ0n) is 29.4. The zero-order chi connectivity index (χ0) is 35.6. The number of hydrogen-bond donors (Lipinski definition) is 0. The van der Waals surface area contributed by atoms with Gasteiger partial charge in [0.25, 0.3) is 0 Å². The molecule has 0 atom stereocenters. The quantitative estimate of drug-likeness (QED) is 0.172. The van der Waals surface area contributed by atoms with Crippen LogP contribution >= 0.6 is 0 Å². The van der Waals surface area contributed by atoms with Crippen molar-refractivity contribution < 1.29 is 0 Å². The minimum Gasteiger partial charge on any atom is -0.236 e. The Kier molecular flexibility index (Phi) is 6.90. The number of benzene rings is 10. The van der Waals surface area contributed by atoms with Crippen LogP contribution in [0, 0.1) is 0 Å². The van der Waals surface area contributed by atoms with E-state index in [-0.39, 0.29) is 0 Å². The third-order valence-electron chi connectivity index (χ3n) is 11.1. The normalized spacial score (nSPS) is 11.7. The van der Waals surface area contributed by atoms with Gasteiger partial charge < -0.3 is 0 Å². The molecule has 250 valence electrons. The van der Waals surface area contributed by atoms with Crippen LogP contribution in [-0.4, -0.2) is 9.97 Å². The summed E-state index contributed by atoms with van der Waals surface area (Å²) in [6, 6.07) is 68.4. The highest BCUT2D eigenvalue weighted by Crippen LogP contribution is 2.41. The second kappa shape index (κ2) is 12.2. The van der Waals surface area contributed by atoms with E-state index in [0.29, 0.717) is 0 Å². The maximum absolute atomic E-state index is 4.84. The van der Waals surface area contributed by atoms with Crippen molar-refractivity contribution in [1.29, 1.82) is 0 Å². The Hall–Kier alpha value is -7.16. The van der Waals surface area contributed by atoms with Crippen LogP contribution in [0.5, 0.6) is 0 Å². The SMILES string of the molecule is c1ccc(-c2cc(-c3cc(-c4ccc5c6ccccc6c6ccccc6c5c4)cc(-c4ccc5c6ccccc6c6ccccc6c5c4)c3)ncn2)cc1. The van der Waals surface area contributed by atoms with Gasteiger partial charge in [0.1, 0.15) is 6.33 Å². The van der Waals surface area contributed by atoms with Gasteiger partial charge in [0.05, 0.1) is 11.4 Å². The number of aromatic nitrogens is 2. The molecule has 0 fully saturated rings. The number of nitrogens with zero attached hydrogens (tertiary/aromatic N) is 2. The summed E-state index contributed by atoms with van der Waals surface area (Å²) in [4.78, 5) is 9.50. The van der Waals surface area contributed by atoms with Crippen LogP contribution < -0.4 is 0 Å². The summed E-state index contributed by atoms with van der Waals surface area (Å²) in [6.45, 7) is 0. The molecule has 11 rings (SSSR count). The summed E-state index contributed by atoms with van der Waals surface area (Å²) in [5.74, 6) is 0. The second-order valence-corrected chi connectivity index (χ2v) is 14.2. The highest BCUT2D eigenvalue weighted by molar-refractivity contribution is 6.27. The van der Waals surface area contributed by atoms with Crippen molar-refractivity contribution in [3.63, 3.8) is 0 Å². The van der Waals surface area contributed by atoms with Crippen LogP contribution in [0.15, 0.2) is 194 Å². The highest BCUT2D eigenvalue weighted by Gasteiger charge is 2.15. The van der Waals surface area contributed by atoms with Crippen LogP contribution in [0.4, 0.5) is 0 Å². The molecular weight excluding hydrogens is 653 g/mol. The first-order valence-corrected chi connectivity index (χ1v) is 18.5. The summed E-state index contributed by atoms with van der Waals surface area (Å²) in [7, 11) is 0. The van der Waals surface area contributed by atoms with E-state index in [1.807, 2.05) is 6.07 Å². The summed E-state index contributed by atoms with van der Waals surface area (Å²) in [6.07, 6.45) is 1.69. The lowest BCUT2D eigenvalue weighted by Gasteiger charge is -2.15. The predicted molar refractivity (Wildman–Crippen MR) is 229 cm³/mol. The molecule has 2 nitrogen and oxygen atoms in total. The second-order valence-electron chi connectivity index (χ2n) is 14.2. The molecule has 0 saturated carbocycles. The van der Waals surface area contributed by atoms with E-state index in [0.717, 1.165) is 33.6 Å². The predicted octanol–water partition coefficient (Wildman–Crippen LogP) is 14.1. The summed E-state index contributed by atoms with van der Waals surface area (Å²) < 4.78 is 0. The van der Waals surface area contributed by atoms with Gasteiger partial charge in [-0.15, -0.1) is 0 Å². The molecule has 2 heteroatoms. The molecule has 0 aliphatic rings. The van der Waals surface area contributed by atoms with Gasteiger partial charge in [-0.25, -0.2) is 9.97 Å². The molecule has 0 unspecified atom stereocenters. The third kappa shape index (κ3) is 4.88. The smallest absolute Gasteiger partial charge is 0.116 e. The monoisotopic (exact) mass is 684 g/mol. The molecule has 0 aliphatic heterocycles. The van der Waals surface area contributed by atoms with Crippen LogP contribution in [-0.2, 0) is 0 Å². The number of fused-ring (bicyclic) bond motifs is 12. The molecule has 10 aromatic carbocycles. The standard InChI is InChI=1S/C52H32N2/c1-2-12-33(13-3-1)51-31-52(54-32-53-51)38-27-36(34-22-24-47-43-18-6-4-14-39(43)41-16-8-10-20-45(41)49(47)29-34)26-37(28-38)35-23-25-48-44-19-7-5-15-40(44)42-17-9-11-21-46(42)50(48)30-35/h1-32H. The van der Waals surface area contributed by atoms with Gasteiger partial charge in [-0.3, -0.25) is 0 Å². The molecule has 11 aromatic rings. The first kappa shape index (κ1) is 30.5. The van der Waals surface area contributed by atoms with Crippen molar-refractivity contribution >= 4 is 64.6 Å². The van der Waals surface area contributed by atoms with Crippen molar-refractivity contribution in [1.82, 2.24) is 9.97 Å². The van der Waals surface area contributed by atoms with Crippen LogP contribution in [0.25, 0.3) is 109 Å². The van der Waals surface area contributed by atoms with E-state index in [2.05, 4.69) is 187 Å². The largest absolute Gasteiger partial charge is 0.236 e. The summed E-state index contributed by atoms with van der Waals surface area (Å²) in [5, 5.41) is 15.2. The fourth-order valence-electron chi connectivity index (χ4n) is 8.57. The van der Waals surface area contributed by atoms with Crippen molar-refractivity contribution in [2.45, 2.75) is 0 Å². The van der Waals surface area contributed by atoms with E-state index in [4.69, 9.17) is 4.98 Å². The maximum Gasteiger partial charge on any atom is 0.116 e. The van der Waals surface area contributed by atoms with Crippen molar-refractivity contribution in [2.24, 2.45) is 0 Å². The first-order valence-electron chi connectivity index (χ1n) is 18.5. The molecule has 0 aliphatic carbocycles. The minimum atomic E-state index is 0.890. The lowest BCUT2D eigenvalue weighted by atomic mass is 9.89. The Morgan fingerprint density at radius 1 is 0.204 bits per heavy atom. The van der Waals surface area contributed by atoms with Crippen molar-refractivity contribution in [2.75, 3.05) is 0 Å². The molecule has 0 N–H and O–H groups in total. The first-order chi connectivity index (χ1) is 26.8. The van der Waals surface area contributed by atoms with Gasteiger partial charge in [0.15, 0.2) is 0 Å². The van der Waals surface area contributed by atoms with Crippen LogP contribution in [0.1, 0.15) is 0 Å². The van der Waals surface area contributed by atoms with Gasteiger partial charge >= 0.3 is 0 Å². The summed E-state index contributed by atoms with van der Waals surface area (Å²) in [5.41, 5.74) is 8.53. The number of rotatable bonds is 4. The molecule has 1 heterocycles. The lowest BCUT2D eigenvalue weighted by Crippen LogP contribution is -1.92. The molecule has 0 radical (unpaired) electrons. The van der Waals surface area contributed by atoms with E-state index >= 15 is 0 Å². The maximum atomic E-state index is 4.84. The fraction of sp³-hybridized carbons (Fsp3) is 0. The fourth-order valence-corrected chi connectivity index (χ4v) is 8.57. The van der Waals surface area contributed by atoms with E-state index in [1.165, 1.54) is 75.8 Å². The third-order valence-corrected chi connectivity index (χ3v) is 11.1. The Balaban J connectivity index is 1.16. The Labute approximate surface area is 312 Å². The van der Waals surface area contributed by atoms with E-state index in [1.54, 1.807) is 6.33 Å². The zero-order valence-corrected chi connectivity index (χ0v) is 29.4. The Bertz CT molecular complexity index is 3020. The van der Waals surface area contributed by atoms with E-state index < -0.39 is 0 Å². The summed E-state index contributed by atoms with van der Waals surface area (Å²) >= 11 is 0. The Morgan fingerprint density at radius 3 is 0.963 bits per heavy atom. The molecule has 1 aromatic heterocycles. The average molecular weight is 685 g/mol. The average Bonchev–Trinajstić information content (AvgIpc) is 3.26. The van der Waals surface area contributed by atoms with Crippen LogP contribution in [0.2, 0.25) is 0 Å². The van der Waals surface area contributed by atoms with Gasteiger partial charge in [-0.2, -0.15) is 0 Å². The molecule has 54 heavy (non-hydrogen) atoms. The van der Waals surface area contributed by atoms with E-state index in [9.17, 15) is 0 Å². The Morgan fingerprint density at radius 2 is 0.537 bits per heavy atom. The molecule has 0 spiro atoms. The van der Waals surface area contributed by atoms with Gasteiger partial charge in [-0.1, -0.05) is 152 Å². The molecular formula is C52H32N2. The highest BCUT2D eigenvalue weighted by atomic mass is 14.8. The molecule has 0 bridgehead atoms. The number of hydrogen-bond acceptors (Lipinski definition) is 2. The molecule has 0 saturated heterocycles. The van der Waals surface area contributed by atoms with Crippen LogP contribution in [0.3, 0.4) is 0 Å². The van der Waals surface area contributed by atoms with Gasteiger partial charge in [0, 0.05) is 11.1 Å². The topological polar surface area (TPSA) is 25.8 Å².